The highest BCUT2D eigenvalue weighted by Crippen LogP contribution is 2.01. The van der Waals surface area contributed by atoms with Crippen molar-refractivity contribution in [1.29, 1.82) is 0 Å². The lowest BCUT2D eigenvalue weighted by molar-refractivity contribution is -0.108. The first-order valence-corrected chi connectivity index (χ1v) is 5.07. The number of hydrogen-bond acceptors (Lipinski definition) is 2. The summed E-state index contributed by atoms with van der Waals surface area (Å²) < 4.78 is 0. The average Bonchev–Trinajstić information content (AvgIpc) is 2.29. The Hall–Kier alpha value is -1.64. The molecular formula is C12H15NO2. The van der Waals surface area contributed by atoms with Gasteiger partial charge < -0.3 is 10.1 Å². The molecular weight excluding hydrogens is 190 g/mol. The van der Waals surface area contributed by atoms with Crippen LogP contribution in [0.25, 0.3) is 0 Å². The van der Waals surface area contributed by atoms with Crippen LogP contribution in [-0.2, 0) is 4.79 Å². The first-order chi connectivity index (χ1) is 7.27. The Labute approximate surface area is 89.5 Å². The highest BCUT2D eigenvalue weighted by atomic mass is 16.1. The lowest BCUT2D eigenvalue weighted by atomic mass is 10.1. The molecule has 0 aliphatic rings. The van der Waals surface area contributed by atoms with Gasteiger partial charge in [0.25, 0.3) is 5.91 Å². The van der Waals surface area contributed by atoms with Gasteiger partial charge in [-0.05, 0) is 18.6 Å². The molecule has 1 atom stereocenters. The third-order valence-corrected chi connectivity index (χ3v) is 2.24. The smallest absolute Gasteiger partial charge is 0.251 e. The summed E-state index contributed by atoms with van der Waals surface area (Å²) in [6, 6.07) is 8.94. The molecule has 1 N–H and O–H groups in total. The van der Waals surface area contributed by atoms with Gasteiger partial charge in [0.2, 0.25) is 0 Å². The van der Waals surface area contributed by atoms with E-state index in [-0.39, 0.29) is 11.9 Å². The standard InChI is InChI=1S/C12H15NO2/c1-2-11(8-9-14)13-12(15)10-6-4-3-5-7-10/h3-7,9,11H,2,8H2,1H3,(H,13,15)/t11-/m0/s1. The Kier molecular flexibility index (Phi) is 4.54. The van der Waals surface area contributed by atoms with Gasteiger partial charge in [0.1, 0.15) is 6.29 Å². The average molecular weight is 205 g/mol. The molecule has 1 aromatic rings. The van der Waals surface area contributed by atoms with Crippen molar-refractivity contribution in [2.24, 2.45) is 0 Å². The first kappa shape index (κ1) is 11.4. The van der Waals surface area contributed by atoms with E-state index in [9.17, 15) is 9.59 Å². The van der Waals surface area contributed by atoms with Gasteiger partial charge in [0, 0.05) is 18.0 Å². The Balaban J connectivity index is 2.58. The number of benzene rings is 1. The molecule has 0 fully saturated rings. The van der Waals surface area contributed by atoms with E-state index in [1.165, 1.54) is 0 Å². The summed E-state index contributed by atoms with van der Waals surface area (Å²) in [7, 11) is 0. The van der Waals surface area contributed by atoms with Crippen molar-refractivity contribution in [3.05, 3.63) is 35.9 Å². The molecule has 1 rings (SSSR count). The van der Waals surface area contributed by atoms with Crippen LogP contribution < -0.4 is 5.32 Å². The minimum absolute atomic E-state index is 0.0600. The normalized spacial score (nSPS) is 11.8. The van der Waals surface area contributed by atoms with E-state index in [4.69, 9.17) is 0 Å². The summed E-state index contributed by atoms with van der Waals surface area (Å²) >= 11 is 0. The molecule has 0 unspecified atom stereocenters. The van der Waals surface area contributed by atoms with Gasteiger partial charge in [-0.15, -0.1) is 0 Å². The van der Waals surface area contributed by atoms with Gasteiger partial charge in [-0.1, -0.05) is 25.1 Å². The Bertz CT molecular complexity index is 322. The minimum atomic E-state index is -0.121. The predicted octanol–water partition coefficient (Wildman–Crippen LogP) is 1.78. The molecule has 15 heavy (non-hydrogen) atoms. The van der Waals surface area contributed by atoms with Gasteiger partial charge in [0.05, 0.1) is 0 Å². The summed E-state index contributed by atoms with van der Waals surface area (Å²) in [6.45, 7) is 1.94. The summed E-state index contributed by atoms with van der Waals surface area (Å²) in [5.74, 6) is -0.121. The Morgan fingerprint density at radius 1 is 1.40 bits per heavy atom. The summed E-state index contributed by atoms with van der Waals surface area (Å²) in [5, 5.41) is 2.81. The Morgan fingerprint density at radius 2 is 2.07 bits per heavy atom. The van der Waals surface area contributed by atoms with Crippen molar-refractivity contribution < 1.29 is 9.59 Å². The number of hydrogen-bond donors (Lipinski definition) is 1. The number of amides is 1. The highest BCUT2D eigenvalue weighted by molar-refractivity contribution is 5.94. The third-order valence-electron chi connectivity index (χ3n) is 2.24. The van der Waals surface area contributed by atoms with Crippen LogP contribution in [0.2, 0.25) is 0 Å². The molecule has 3 nitrogen and oxygen atoms in total. The molecule has 0 radical (unpaired) electrons. The second-order valence-corrected chi connectivity index (χ2v) is 3.35. The van der Waals surface area contributed by atoms with Crippen LogP contribution >= 0.6 is 0 Å². The molecule has 0 saturated carbocycles. The van der Waals surface area contributed by atoms with Crippen LogP contribution in [0.1, 0.15) is 30.1 Å². The molecule has 3 heteroatoms. The van der Waals surface area contributed by atoms with Crippen LogP contribution in [0.15, 0.2) is 30.3 Å². The Morgan fingerprint density at radius 3 is 2.60 bits per heavy atom. The SMILES string of the molecule is CC[C@@H](CC=O)NC(=O)c1ccccc1. The molecule has 0 bridgehead atoms. The van der Waals surface area contributed by atoms with Gasteiger partial charge in [0.15, 0.2) is 0 Å². The van der Waals surface area contributed by atoms with Crippen molar-refractivity contribution in [1.82, 2.24) is 5.32 Å². The topological polar surface area (TPSA) is 46.2 Å². The van der Waals surface area contributed by atoms with Gasteiger partial charge in [-0.2, -0.15) is 0 Å². The summed E-state index contributed by atoms with van der Waals surface area (Å²) in [4.78, 5) is 22.0. The van der Waals surface area contributed by atoms with E-state index in [0.717, 1.165) is 12.7 Å². The van der Waals surface area contributed by atoms with Crippen molar-refractivity contribution in [2.45, 2.75) is 25.8 Å². The van der Waals surface area contributed by atoms with Crippen molar-refractivity contribution in [3.8, 4) is 0 Å². The van der Waals surface area contributed by atoms with Gasteiger partial charge in [-0.3, -0.25) is 4.79 Å². The van der Waals surface area contributed by atoms with Crippen LogP contribution in [-0.4, -0.2) is 18.2 Å². The molecule has 0 saturated heterocycles. The number of carbonyl (C=O) groups is 2. The third kappa shape index (κ3) is 3.54. The molecule has 0 aromatic heterocycles. The largest absolute Gasteiger partial charge is 0.349 e. The van der Waals surface area contributed by atoms with Crippen LogP contribution in [0.3, 0.4) is 0 Å². The lowest BCUT2D eigenvalue weighted by Crippen LogP contribution is -2.34. The van der Waals surface area contributed by atoms with E-state index in [1.807, 2.05) is 25.1 Å². The van der Waals surface area contributed by atoms with Crippen molar-refractivity contribution in [3.63, 3.8) is 0 Å². The van der Waals surface area contributed by atoms with Gasteiger partial charge in [-0.25, -0.2) is 0 Å². The fourth-order valence-corrected chi connectivity index (χ4v) is 1.30. The molecule has 0 heterocycles. The zero-order chi connectivity index (χ0) is 11.1. The monoisotopic (exact) mass is 205 g/mol. The second-order valence-electron chi connectivity index (χ2n) is 3.35. The second kappa shape index (κ2) is 5.96. The van der Waals surface area contributed by atoms with Gasteiger partial charge >= 0.3 is 0 Å². The fourth-order valence-electron chi connectivity index (χ4n) is 1.30. The molecule has 0 spiro atoms. The zero-order valence-corrected chi connectivity index (χ0v) is 8.77. The fraction of sp³-hybridized carbons (Fsp3) is 0.333. The van der Waals surface area contributed by atoms with E-state index in [0.29, 0.717) is 12.0 Å². The van der Waals surface area contributed by atoms with Crippen LogP contribution in [0.5, 0.6) is 0 Å². The van der Waals surface area contributed by atoms with Crippen molar-refractivity contribution in [2.75, 3.05) is 0 Å². The molecule has 0 aliphatic carbocycles. The lowest BCUT2D eigenvalue weighted by Gasteiger charge is -2.13. The van der Waals surface area contributed by atoms with E-state index in [2.05, 4.69) is 5.32 Å². The maximum Gasteiger partial charge on any atom is 0.251 e. The van der Waals surface area contributed by atoms with Crippen LogP contribution in [0.4, 0.5) is 0 Å². The number of nitrogens with one attached hydrogen (secondary N) is 1. The number of carbonyl (C=O) groups excluding carboxylic acids is 2. The molecule has 0 aliphatic heterocycles. The highest BCUT2D eigenvalue weighted by Gasteiger charge is 2.10. The number of aldehydes is 1. The van der Waals surface area contributed by atoms with E-state index < -0.39 is 0 Å². The minimum Gasteiger partial charge on any atom is -0.349 e. The molecule has 80 valence electrons. The maximum absolute atomic E-state index is 11.7. The first-order valence-electron chi connectivity index (χ1n) is 5.07. The molecule has 1 amide bonds. The molecule has 1 aromatic carbocycles. The zero-order valence-electron chi connectivity index (χ0n) is 8.77. The van der Waals surface area contributed by atoms with E-state index >= 15 is 0 Å². The number of rotatable bonds is 5. The summed E-state index contributed by atoms with van der Waals surface area (Å²) in [5.41, 5.74) is 0.627. The quantitative estimate of drug-likeness (QED) is 0.745. The van der Waals surface area contributed by atoms with Crippen molar-refractivity contribution >= 4 is 12.2 Å². The maximum atomic E-state index is 11.7. The van der Waals surface area contributed by atoms with E-state index in [1.54, 1.807) is 12.1 Å². The summed E-state index contributed by atoms with van der Waals surface area (Å²) in [6.07, 6.45) is 1.96. The van der Waals surface area contributed by atoms with Crippen LogP contribution in [0, 0.1) is 0 Å². The predicted molar refractivity (Wildman–Crippen MR) is 58.7 cm³/mol.